The molecule has 0 aliphatic carbocycles. The highest BCUT2D eigenvalue weighted by atomic mass is 79.9. The van der Waals surface area contributed by atoms with Crippen LogP contribution < -0.4 is 5.32 Å². The number of aryl methyl sites for hydroxylation is 1. The third kappa shape index (κ3) is 4.07. The van der Waals surface area contributed by atoms with Crippen LogP contribution in [0.1, 0.15) is 21.5 Å². The summed E-state index contributed by atoms with van der Waals surface area (Å²) in [7, 11) is 0. The van der Waals surface area contributed by atoms with E-state index in [1.807, 2.05) is 18.3 Å². The Morgan fingerprint density at radius 3 is 2.74 bits per heavy atom. The second-order valence-corrected chi connectivity index (χ2v) is 6.29. The average Bonchev–Trinajstić information content (AvgIpc) is 2.96. The molecule has 0 aliphatic heterocycles. The van der Waals surface area contributed by atoms with Crippen molar-refractivity contribution in [3.63, 3.8) is 0 Å². The molecular formula is C18H16BrN3O. The minimum atomic E-state index is -0.152. The maximum absolute atomic E-state index is 12.2. The number of anilines is 1. The summed E-state index contributed by atoms with van der Waals surface area (Å²) >= 11 is 3.37. The molecule has 1 N–H and O–H groups in total. The Bertz CT molecular complexity index is 824. The first-order valence-corrected chi connectivity index (χ1v) is 8.04. The lowest BCUT2D eigenvalue weighted by Gasteiger charge is -2.03. The molecule has 1 amide bonds. The molecule has 23 heavy (non-hydrogen) atoms. The SMILES string of the molecule is Cc1ccc(Cn2cc(NC(=O)c3cccc(Br)c3)cn2)cc1. The first-order valence-electron chi connectivity index (χ1n) is 7.25. The minimum Gasteiger partial charge on any atom is -0.319 e. The molecule has 0 radical (unpaired) electrons. The van der Waals surface area contributed by atoms with Crippen molar-refractivity contribution in [3.05, 3.63) is 82.1 Å². The topological polar surface area (TPSA) is 46.9 Å². The van der Waals surface area contributed by atoms with Crippen LogP contribution in [0.25, 0.3) is 0 Å². The van der Waals surface area contributed by atoms with Crippen molar-refractivity contribution in [2.24, 2.45) is 0 Å². The van der Waals surface area contributed by atoms with E-state index in [0.29, 0.717) is 17.8 Å². The second-order valence-electron chi connectivity index (χ2n) is 5.38. The maximum Gasteiger partial charge on any atom is 0.255 e. The molecule has 116 valence electrons. The Balaban J connectivity index is 1.67. The fraction of sp³-hybridized carbons (Fsp3) is 0.111. The molecule has 0 saturated heterocycles. The van der Waals surface area contributed by atoms with Crippen molar-refractivity contribution in [2.75, 3.05) is 5.32 Å². The van der Waals surface area contributed by atoms with Crippen LogP contribution in [0.2, 0.25) is 0 Å². The average molecular weight is 370 g/mol. The normalized spacial score (nSPS) is 10.5. The number of benzene rings is 2. The maximum atomic E-state index is 12.2. The van der Waals surface area contributed by atoms with E-state index in [1.54, 1.807) is 23.0 Å². The molecule has 0 bridgehead atoms. The second kappa shape index (κ2) is 6.79. The van der Waals surface area contributed by atoms with Gasteiger partial charge in [-0.3, -0.25) is 9.48 Å². The lowest BCUT2D eigenvalue weighted by Crippen LogP contribution is -2.11. The van der Waals surface area contributed by atoms with Gasteiger partial charge in [0.25, 0.3) is 5.91 Å². The highest BCUT2D eigenvalue weighted by Crippen LogP contribution is 2.14. The van der Waals surface area contributed by atoms with E-state index in [1.165, 1.54) is 11.1 Å². The van der Waals surface area contributed by atoms with Crippen molar-refractivity contribution in [2.45, 2.75) is 13.5 Å². The summed E-state index contributed by atoms with van der Waals surface area (Å²) < 4.78 is 2.68. The van der Waals surface area contributed by atoms with Gasteiger partial charge in [0, 0.05) is 16.2 Å². The Hall–Kier alpha value is -2.40. The van der Waals surface area contributed by atoms with Crippen LogP contribution in [-0.4, -0.2) is 15.7 Å². The molecule has 0 atom stereocenters. The van der Waals surface area contributed by atoms with Gasteiger partial charge in [0.15, 0.2) is 0 Å². The summed E-state index contributed by atoms with van der Waals surface area (Å²) in [6.45, 7) is 2.74. The number of nitrogens with zero attached hydrogens (tertiary/aromatic N) is 2. The zero-order valence-electron chi connectivity index (χ0n) is 12.7. The van der Waals surface area contributed by atoms with E-state index >= 15 is 0 Å². The number of carbonyl (C=O) groups excluding carboxylic acids is 1. The third-order valence-electron chi connectivity index (χ3n) is 3.44. The fourth-order valence-corrected chi connectivity index (χ4v) is 2.63. The monoisotopic (exact) mass is 369 g/mol. The summed E-state index contributed by atoms with van der Waals surface area (Å²) in [4.78, 5) is 12.2. The zero-order valence-corrected chi connectivity index (χ0v) is 14.2. The highest BCUT2D eigenvalue weighted by Gasteiger charge is 2.08. The van der Waals surface area contributed by atoms with Crippen molar-refractivity contribution in [1.82, 2.24) is 9.78 Å². The Labute approximate surface area is 143 Å². The smallest absolute Gasteiger partial charge is 0.255 e. The number of rotatable bonds is 4. The van der Waals surface area contributed by atoms with Gasteiger partial charge in [-0.25, -0.2) is 0 Å². The summed E-state index contributed by atoms with van der Waals surface area (Å²) in [6, 6.07) is 15.6. The van der Waals surface area contributed by atoms with Gasteiger partial charge in [0.05, 0.1) is 18.4 Å². The summed E-state index contributed by atoms with van der Waals surface area (Å²) in [5.41, 5.74) is 3.69. The van der Waals surface area contributed by atoms with E-state index in [9.17, 15) is 4.79 Å². The van der Waals surface area contributed by atoms with Crippen LogP contribution in [0.5, 0.6) is 0 Å². The molecule has 5 heteroatoms. The van der Waals surface area contributed by atoms with Crippen LogP contribution in [0.3, 0.4) is 0 Å². The fourth-order valence-electron chi connectivity index (χ4n) is 2.23. The molecule has 1 aromatic heterocycles. The molecule has 0 fully saturated rings. The first kappa shape index (κ1) is 15.5. The van der Waals surface area contributed by atoms with Crippen LogP contribution in [0, 0.1) is 6.92 Å². The van der Waals surface area contributed by atoms with E-state index in [4.69, 9.17) is 0 Å². The number of halogens is 1. The lowest BCUT2D eigenvalue weighted by molar-refractivity contribution is 0.102. The number of hydrogen-bond donors (Lipinski definition) is 1. The molecule has 2 aromatic carbocycles. The largest absolute Gasteiger partial charge is 0.319 e. The van der Waals surface area contributed by atoms with Gasteiger partial charge in [-0.05, 0) is 30.7 Å². The number of aromatic nitrogens is 2. The quantitative estimate of drug-likeness (QED) is 0.746. The Morgan fingerprint density at radius 2 is 2.00 bits per heavy atom. The van der Waals surface area contributed by atoms with Gasteiger partial charge in [0.2, 0.25) is 0 Å². The zero-order chi connectivity index (χ0) is 16.2. The van der Waals surface area contributed by atoms with Gasteiger partial charge in [-0.1, -0.05) is 51.8 Å². The van der Waals surface area contributed by atoms with E-state index in [0.717, 1.165) is 4.47 Å². The first-order chi connectivity index (χ1) is 11.1. The predicted octanol–water partition coefficient (Wildman–Crippen LogP) is 4.25. The number of nitrogens with one attached hydrogen (secondary N) is 1. The van der Waals surface area contributed by atoms with E-state index < -0.39 is 0 Å². The van der Waals surface area contributed by atoms with Crippen LogP contribution in [0.4, 0.5) is 5.69 Å². The molecule has 0 unspecified atom stereocenters. The van der Waals surface area contributed by atoms with Crippen molar-refractivity contribution >= 4 is 27.5 Å². The standard InChI is InChI=1S/C18H16BrN3O/c1-13-5-7-14(8-6-13)11-22-12-17(10-20-22)21-18(23)15-3-2-4-16(19)9-15/h2-10,12H,11H2,1H3,(H,21,23). The Kier molecular flexibility index (Phi) is 4.57. The summed E-state index contributed by atoms with van der Waals surface area (Å²) in [5, 5.41) is 7.15. The van der Waals surface area contributed by atoms with Crippen LogP contribution in [0.15, 0.2) is 65.4 Å². The van der Waals surface area contributed by atoms with Crippen LogP contribution in [-0.2, 0) is 6.54 Å². The molecular weight excluding hydrogens is 354 g/mol. The molecule has 4 nitrogen and oxygen atoms in total. The predicted molar refractivity (Wildman–Crippen MR) is 94.6 cm³/mol. The molecule has 0 saturated carbocycles. The molecule has 1 heterocycles. The van der Waals surface area contributed by atoms with Crippen molar-refractivity contribution in [1.29, 1.82) is 0 Å². The number of amides is 1. The van der Waals surface area contributed by atoms with E-state index in [-0.39, 0.29) is 5.91 Å². The van der Waals surface area contributed by atoms with E-state index in [2.05, 4.69) is 57.5 Å². The molecule has 0 spiro atoms. The minimum absolute atomic E-state index is 0.152. The molecule has 3 aromatic rings. The molecule has 3 rings (SSSR count). The van der Waals surface area contributed by atoms with Crippen molar-refractivity contribution < 1.29 is 4.79 Å². The van der Waals surface area contributed by atoms with Gasteiger partial charge in [0.1, 0.15) is 0 Å². The van der Waals surface area contributed by atoms with Crippen molar-refractivity contribution in [3.8, 4) is 0 Å². The summed E-state index contributed by atoms with van der Waals surface area (Å²) in [5.74, 6) is -0.152. The highest BCUT2D eigenvalue weighted by molar-refractivity contribution is 9.10. The van der Waals surface area contributed by atoms with Crippen LogP contribution >= 0.6 is 15.9 Å². The van der Waals surface area contributed by atoms with Gasteiger partial charge < -0.3 is 5.32 Å². The number of hydrogen-bond acceptors (Lipinski definition) is 2. The Morgan fingerprint density at radius 1 is 1.22 bits per heavy atom. The van der Waals surface area contributed by atoms with Gasteiger partial charge in [-0.15, -0.1) is 0 Å². The summed E-state index contributed by atoms with van der Waals surface area (Å²) in [6.07, 6.45) is 3.49. The third-order valence-corrected chi connectivity index (χ3v) is 3.94. The molecule has 0 aliphatic rings. The van der Waals surface area contributed by atoms with Gasteiger partial charge >= 0.3 is 0 Å². The lowest BCUT2D eigenvalue weighted by atomic mass is 10.1. The number of carbonyl (C=O) groups is 1. The van der Waals surface area contributed by atoms with Gasteiger partial charge in [-0.2, -0.15) is 5.10 Å².